The van der Waals surface area contributed by atoms with Gasteiger partial charge in [-0.15, -0.1) is 0 Å². The summed E-state index contributed by atoms with van der Waals surface area (Å²) in [6.45, 7) is 1.36. The van der Waals surface area contributed by atoms with E-state index in [4.69, 9.17) is 4.74 Å². The highest BCUT2D eigenvalue weighted by Gasteiger charge is 2.58. The Labute approximate surface area is 190 Å². The lowest BCUT2D eigenvalue weighted by molar-refractivity contribution is -0.158. The van der Waals surface area contributed by atoms with Crippen molar-refractivity contribution in [3.8, 4) is 0 Å². The van der Waals surface area contributed by atoms with Crippen LogP contribution in [0.2, 0.25) is 0 Å². The molecule has 0 spiro atoms. The topological polar surface area (TPSA) is 92.8 Å². The number of ether oxygens (including phenoxy) is 1. The predicted octanol–water partition coefficient (Wildman–Crippen LogP) is 2.85. The molecule has 1 N–H and O–H groups in total. The van der Waals surface area contributed by atoms with Gasteiger partial charge in [0.25, 0.3) is 11.8 Å². The normalized spacial score (nSPS) is 17.7. The number of amides is 3. The predicted molar refractivity (Wildman–Crippen MR) is 112 cm³/mol. The first-order valence-electron chi connectivity index (χ1n) is 9.61. The molecular formula is C22H19BrF2N2O5. The van der Waals surface area contributed by atoms with E-state index in [0.29, 0.717) is 9.37 Å². The Morgan fingerprint density at radius 2 is 1.88 bits per heavy atom. The van der Waals surface area contributed by atoms with Gasteiger partial charge in [0.2, 0.25) is 5.91 Å². The van der Waals surface area contributed by atoms with Gasteiger partial charge in [0.15, 0.2) is 5.41 Å². The number of hydrogen-bond donors (Lipinski definition) is 1. The van der Waals surface area contributed by atoms with Gasteiger partial charge in [0, 0.05) is 22.1 Å². The number of esters is 1. The number of imide groups is 1. The third-order valence-corrected chi connectivity index (χ3v) is 5.70. The van der Waals surface area contributed by atoms with Crippen molar-refractivity contribution in [1.82, 2.24) is 10.2 Å². The number of rotatable bonds is 6. The molecule has 32 heavy (non-hydrogen) atoms. The number of halogens is 3. The average molecular weight is 509 g/mol. The van der Waals surface area contributed by atoms with Crippen LogP contribution in [0.1, 0.15) is 34.8 Å². The standard InChI is InChI=1S/C22H19BrF2N2O5/c1-3-26-18(28)10-22(21(31)32-2)16-9-14(24)6-7-15(16)19(29)27(20(22)30)11-12-4-5-13(23)8-17(12)25/h4-9H,3,10-11H2,1-2H3,(H,26,28). The quantitative estimate of drug-likeness (QED) is 0.368. The van der Waals surface area contributed by atoms with Crippen molar-refractivity contribution in [3.63, 3.8) is 0 Å². The van der Waals surface area contributed by atoms with E-state index in [1.807, 2.05) is 0 Å². The molecule has 0 radical (unpaired) electrons. The molecule has 0 bridgehead atoms. The number of nitrogens with one attached hydrogen (secondary N) is 1. The summed E-state index contributed by atoms with van der Waals surface area (Å²) in [4.78, 5) is 52.9. The summed E-state index contributed by atoms with van der Waals surface area (Å²) in [6.07, 6.45) is -0.713. The summed E-state index contributed by atoms with van der Waals surface area (Å²) in [5.41, 5.74) is -2.72. The van der Waals surface area contributed by atoms with Crippen molar-refractivity contribution in [1.29, 1.82) is 0 Å². The zero-order valence-electron chi connectivity index (χ0n) is 17.2. The fourth-order valence-electron chi connectivity index (χ4n) is 3.72. The summed E-state index contributed by atoms with van der Waals surface area (Å²) in [5.74, 6) is -5.23. The Morgan fingerprint density at radius 1 is 1.16 bits per heavy atom. The van der Waals surface area contributed by atoms with Crippen molar-refractivity contribution in [2.24, 2.45) is 0 Å². The van der Waals surface area contributed by atoms with Gasteiger partial charge in [-0.05, 0) is 42.8 Å². The van der Waals surface area contributed by atoms with Gasteiger partial charge >= 0.3 is 5.97 Å². The van der Waals surface area contributed by atoms with E-state index in [9.17, 15) is 28.0 Å². The molecule has 7 nitrogen and oxygen atoms in total. The van der Waals surface area contributed by atoms with Crippen molar-refractivity contribution >= 4 is 39.6 Å². The molecule has 2 aromatic carbocycles. The Morgan fingerprint density at radius 3 is 2.50 bits per heavy atom. The summed E-state index contributed by atoms with van der Waals surface area (Å²) >= 11 is 3.13. The third kappa shape index (κ3) is 4.02. The first kappa shape index (κ1) is 23.5. The van der Waals surface area contributed by atoms with Crippen LogP contribution in [-0.4, -0.2) is 42.2 Å². The molecule has 168 valence electrons. The maximum Gasteiger partial charge on any atom is 0.326 e. The second-order valence-corrected chi connectivity index (χ2v) is 8.06. The molecule has 1 aliphatic rings. The maximum atomic E-state index is 14.5. The summed E-state index contributed by atoms with van der Waals surface area (Å²) in [6, 6.07) is 7.07. The van der Waals surface area contributed by atoms with E-state index in [1.54, 1.807) is 6.92 Å². The van der Waals surface area contributed by atoms with Crippen LogP contribution in [0.15, 0.2) is 40.9 Å². The van der Waals surface area contributed by atoms with E-state index in [2.05, 4.69) is 21.2 Å². The molecule has 1 aliphatic heterocycles. The van der Waals surface area contributed by atoms with E-state index < -0.39 is 53.7 Å². The molecule has 0 saturated heterocycles. The fraction of sp³-hybridized carbons (Fsp3) is 0.273. The lowest BCUT2D eigenvalue weighted by Gasteiger charge is -2.39. The molecule has 10 heteroatoms. The van der Waals surface area contributed by atoms with Crippen LogP contribution < -0.4 is 5.32 Å². The Kier molecular flexibility index (Phi) is 6.73. The minimum absolute atomic E-state index is 0.0113. The number of methoxy groups -OCH3 is 1. The maximum absolute atomic E-state index is 14.5. The van der Waals surface area contributed by atoms with Crippen molar-refractivity contribution in [2.75, 3.05) is 13.7 Å². The van der Waals surface area contributed by atoms with Gasteiger partial charge in [0.05, 0.1) is 20.1 Å². The van der Waals surface area contributed by atoms with Gasteiger partial charge in [0.1, 0.15) is 11.6 Å². The molecular weight excluding hydrogens is 490 g/mol. The Balaban J connectivity index is 2.21. The Hall–Kier alpha value is -3.14. The SMILES string of the molecule is CCNC(=O)CC1(C(=O)OC)C(=O)N(Cc2ccc(Br)cc2F)C(=O)c2ccc(F)cc21. The third-order valence-electron chi connectivity index (χ3n) is 5.20. The van der Waals surface area contributed by atoms with Crippen molar-refractivity contribution in [2.45, 2.75) is 25.3 Å². The largest absolute Gasteiger partial charge is 0.468 e. The Bertz CT molecular complexity index is 1120. The van der Waals surface area contributed by atoms with Gasteiger partial charge in [-0.2, -0.15) is 0 Å². The van der Waals surface area contributed by atoms with Crippen LogP contribution in [0.5, 0.6) is 0 Å². The van der Waals surface area contributed by atoms with E-state index >= 15 is 0 Å². The number of carbonyl (C=O) groups excluding carboxylic acids is 4. The molecule has 0 aliphatic carbocycles. The van der Waals surface area contributed by atoms with Crippen molar-refractivity contribution in [3.05, 3.63) is 69.2 Å². The lowest BCUT2D eigenvalue weighted by Crippen LogP contribution is -2.59. The first-order valence-corrected chi connectivity index (χ1v) is 10.4. The summed E-state index contributed by atoms with van der Waals surface area (Å²) in [7, 11) is 1.02. The first-order chi connectivity index (χ1) is 15.1. The van der Waals surface area contributed by atoms with Crippen molar-refractivity contribution < 1.29 is 32.7 Å². The highest BCUT2D eigenvalue weighted by atomic mass is 79.9. The van der Waals surface area contributed by atoms with Crippen LogP contribution in [0, 0.1) is 11.6 Å². The van der Waals surface area contributed by atoms with Gasteiger partial charge in [-0.1, -0.05) is 22.0 Å². The lowest BCUT2D eigenvalue weighted by atomic mass is 9.71. The average Bonchev–Trinajstić information content (AvgIpc) is 2.75. The minimum atomic E-state index is -2.31. The molecule has 3 amide bonds. The number of fused-ring (bicyclic) bond motifs is 1. The van der Waals surface area contributed by atoms with Gasteiger partial charge in [-0.3, -0.25) is 24.1 Å². The number of hydrogen-bond acceptors (Lipinski definition) is 5. The molecule has 1 unspecified atom stereocenters. The fourth-order valence-corrected chi connectivity index (χ4v) is 4.05. The summed E-state index contributed by atoms with van der Waals surface area (Å²) in [5, 5.41) is 2.49. The zero-order chi connectivity index (χ0) is 23.6. The number of benzene rings is 2. The molecule has 3 rings (SSSR count). The summed E-state index contributed by atoms with van der Waals surface area (Å²) < 4.78 is 33.9. The highest BCUT2D eigenvalue weighted by Crippen LogP contribution is 2.40. The van der Waals surface area contributed by atoms with Crippen LogP contribution in [0.3, 0.4) is 0 Å². The molecule has 0 fully saturated rings. The molecule has 0 aromatic heterocycles. The number of nitrogens with zero attached hydrogens (tertiary/aromatic N) is 1. The molecule has 2 aromatic rings. The zero-order valence-corrected chi connectivity index (χ0v) is 18.8. The molecule has 0 saturated carbocycles. The second-order valence-electron chi connectivity index (χ2n) is 7.15. The van der Waals surface area contributed by atoms with Crippen LogP contribution in [0.25, 0.3) is 0 Å². The number of carbonyl (C=O) groups is 4. The smallest absolute Gasteiger partial charge is 0.326 e. The molecule has 1 atom stereocenters. The monoisotopic (exact) mass is 508 g/mol. The second kappa shape index (κ2) is 9.15. The van der Waals surface area contributed by atoms with E-state index in [-0.39, 0.29) is 23.2 Å². The van der Waals surface area contributed by atoms with Gasteiger partial charge in [-0.25, -0.2) is 8.78 Å². The van der Waals surface area contributed by atoms with Crippen LogP contribution in [-0.2, 0) is 31.1 Å². The highest BCUT2D eigenvalue weighted by molar-refractivity contribution is 9.10. The van der Waals surface area contributed by atoms with E-state index in [1.165, 1.54) is 18.2 Å². The van der Waals surface area contributed by atoms with Gasteiger partial charge < -0.3 is 10.1 Å². The molecule has 1 heterocycles. The van der Waals surface area contributed by atoms with Crippen LogP contribution >= 0.6 is 15.9 Å². The minimum Gasteiger partial charge on any atom is -0.468 e. The van der Waals surface area contributed by atoms with Crippen LogP contribution in [0.4, 0.5) is 8.78 Å². The van der Waals surface area contributed by atoms with E-state index in [0.717, 1.165) is 25.3 Å².